The van der Waals surface area contributed by atoms with Crippen LogP contribution in [0.4, 0.5) is 0 Å². The molecule has 1 aliphatic carbocycles. The molecular weight excluding hydrogens is 262 g/mol. The summed E-state index contributed by atoms with van der Waals surface area (Å²) in [6, 6.07) is 7.80. The molecule has 1 amide bonds. The van der Waals surface area contributed by atoms with Crippen LogP contribution in [-0.4, -0.2) is 34.6 Å². The van der Waals surface area contributed by atoms with E-state index in [1.54, 1.807) is 0 Å². The van der Waals surface area contributed by atoms with Crippen molar-refractivity contribution in [3.63, 3.8) is 0 Å². The highest BCUT2D eigenvalue weighted by molar-refractivity contribution is 5.94. The Bertz CT molecular complexity index is 542. The topological polar surface area (TPSA) is 40.5 Å². The number of amides is 1. The van der Waals surface area contributed by atoms with Crippen LogP contribution >= 0.6 is 0 Å². The lowest BCUT2D eigenvalue weighted by Gasteiger charge is -2.59. The van der Waals surface area contributed by atoms with Gasteiger partial charge in [-0.15, -0.1) is 0 Å². The van der Waals surface area contributed by atoms with Gasteiger partial charge in [-0.3, -0.25) is 4.79 Å². The highest BCUT2D eigenvalue weighted by Gasteiger charge is 2.57. The number of piperidine rings is 1. The molecule has 3 rings (SSSR count). The van der Waals surface area contributed by atoms with Gasteiger partial charge in [0.25, 0.3) is 5.91 Å². The van der Waals surface area contributed by atoms with Crippen molar-refractivity contribution in [2.24, 2.45) is 5.41 Å². The number of nitrogens with zero attached hydrogens (tertiary/aromatic N) is 1. The van der Waals surface area contributed by atoms with Crippen LogP contribution in [0.3, 0.4) is 0 Å². The largest absolute Gasteiger partial charge is 0.389 e. The molecule has 1 saturated heterocycles. The molecule has 1 saturated carbocycles. The highest BCUT2D eigenvalue weighted by Crippen LogP contribution is 2.57. The first-order valence-electron chi connectivity index (χ1n) is 8.08. The molecule has 0 radical (unpaired) electrons. The van der Waals surface area contributed by atoms with Gasteiger partial charge in [-0.1, -0.05) is 24.6 Å². The minimum absolute atomic E-state index is 0.0745. The standard InChI is InChI=1S/C18H25NO2/c1-3-18(21)8-7-17(18)9-11-19(12-10-17)16(20)15-6-4-5-14(2)13-15/h4-6,13,21H,3,7-12H2,1-2H3. The van der Waals surface area contributed by atoms with Crippen LogP contribution in [0.15, 0.2) is 24.3 Å². The fourth-order valence-electron chi connectivity index (χ4n) is 4.13. The van der Waals surface area contributed by atoms with E-state index in [4.69, 9.17) is 0 Å². The lowest BCUT2D eigenvalue weighted by molar-refractivity contribution is -0.188. The van der Waals surface area contributed by atoms with Gasteiger partial charge < -0.3 is 10.0 Å². The summed E-state index contributed by atoms with van der Waals surface area (Å²) >= 11 is 0. The summed E-state index contributed by atoms with van der Waals surface area (Å²) in [5.41, 5.74) is 1.50. The van der Waals surface area contributed by atoms with Gasteiger partial charge in [0.2, 0.25) is 0 Å². The second kappa shape index (κ2) is 5.13. The molecule has 21 heavy (non-hydrogen) atoms. The van der Waals surface area contributed by atoms with Gasteiger partial charge in [-0.25, -0.2) is 0 Å². The molecule has 3 nitrogen and oxygen atoms in total. The fraction of sp³-hybridized carbons (Fsp3) is 0.611. The molecule has 2 aliphatic rings. The van der Waals surface area contributed by atoms with E-state index in [0.29, 0.717) is 0 Å². The van der Waals surface area contributed by atoms with Crippen molar-refractivity contribution >= 4 is 5.91 Å². The van der Waals surface area contributed by atoms with E-state index in [2.05, 4.69) is 6.92 Å². The molecule has 1 aliphatic heterocycles. The number of hydrogen-bond donors (Lipinski definition) is 1. The second-order valence-electron chi connectivity index (χ2n) is 6.83. The smallest absolute Gasteiger partial charge is 0.253 e. The maximum Gasteiger partial charge on any atom is 0.253 e. The van der Waals surface area contributed by atoms with Crippen LogP contribution in [0.2, 0.25) is 0 Å². The van der Waals surface area contributed by atoms with Gasteiger partial charge in [-0.2, -0.15) is 0 Å². The number of benzene rings is 1. The lowest BCUT2D eigenvalue weighted by atomic mass is 9.51. The van der Waals surface area contributed by atoms with Gasteiger partial charge >= 0.3 is 0 Å². The average molecular weight is 287 g/mol. The van der Waals surface area contributed by atoms with E-state index in [0.717, 1.165) is 56.3 Å². The first kappa shape index (κ1) is 14.6. The fourth-order valence-corrected chi connectivity index (χ4v) is 4.13. The molecule has 114 valence electrons. The molecule has 1 spiro atoms. The summed E-state index contributed by atoms with van der Waals surface area (Å²) in [5.74, 6) is 0.132. The lowest BCUT2D eigenvalue weighted by Crippen LogP contribution is -2.61. The Morgan fingerprint density at radius 3 is 2.48 bits per heavy atom. The Hall–Kier alpha value is -1.35. The zero-order valence-corrected chi connectivity index (χ0v) is 13.1. The summed E-state index contributed by atoms with van der Waals surface area (Å²) in [6.45, 7) is 5.63. The summed E-state index contributed by atoms with van der Waals surface area (Å²) in [7, 11) is 0. The summed E-state index contributed by atoms with van der Waals surface area (Å²) in [4.78, 5) is 14.5. The van der Waals surface area contributed by atoms with Gasteiger partial charge in [0, 0.05) is 24.1 Å². The zero-order valence-electron chi connectivity index (χ0n) is 13.1. The van der Waals surface area contributed by atoms with Crippen LogP contribution in [0.1, 0.15) is 54.9 Å². The number of carbonyl (C=O) groups excluding carboxylic acids is 1. The average Bonchev–Trinajstić information content (AvgIpc) is 2.52. The molecule has 1 heterocycles. The van der Waals surface area contributed by atoms with E-state index in [1.165, 1.54) is 0 Å². The molecule has 1 aromatic rings. The summed E-state index contributed by atoms with van der Waals surface area (Å²) in [6.07, 6.45) is 4.75. The Balaban J connectivity index is 1.68. The van der Waals surface area contributed by atoms with Crippen LogP contribution < -0.4 is 0 Å². The van der Waals surface area contributed by atoms with Gasteiger partial charge in [0.05, 0.1) is 5.60 Å². The Morgan fingerprint density at radius 2 is 1.95 bits per heavy atom. The van der Waals surface area contributed by atoms with Gasteiger partial charge in [0.1, 0.15) is 0 Å². The molecule has 1 N–H and O–H groups in total. The van der Waals surface area contributed by atoms with Crippen molar-refractivity contribution in [1.82, 2.24) is 4.90 Å². The Morgan fingerprint density at radius 1 is 1.24 bits per heavy atom. The maximum atomic E-state index is 12.6. The van der Waals surface area contributed by atoms with Crippen LogP contribution in [0.5, 0.6) is 0 Å². The van der Waals surface area contributed by atoms with Crippen LogP contribution in [0.25, 0.3) is 0 Å². The van der Waals surface area contributed by atoms with Gasteiger partial charge in [0.15, 0.2) is 0 Å². The number of hydrogen-bond acceptors (Lipinski definition) is 2. The zero-order chi connectivity index (χ0) is 15.1. The predicted molar refractivity (Wildman–Crippen MR) is 83.2 cm³/mol. The molecule has 0 aromatic heterocycles. The SMILES string of the molecule is CCC1(O)CCC12CCN(C(=O)c1cccc(C)c1)CC2. The van der Waals surface area contributed by atoms with E-state index < -0.39 is 5.60 Å². The van der Waals surface area contributed by atoms with Crippen molar-refractivity contribution in [2.45, 2.75) is 51.6 Å². The third-order valence-corrected chi connectivity index (χ3v) is 5.86. The molecule has 1 unspecified atom stereocenters. The van der Waals surface area contributed by atoms with Crippen molar-refractivity contribution in [3.8, 4) is 0 Å². The molecule has 3 heteroatoms. The monoisotopic (exact) mass is 287 g/mol. The van der Waals surface area contributed by atoms with Crippen molar-refractivity contribution in [2.75, 3.05) is 13.1 Å². The number of likely N-dealkylation sites (tertiary alicyclic amines) is 1. The van der Waals surface area contributed by atoms with Crippen LogP contribution in [0, 0.1) is 12.3 Å². The second-order valence-corrected chi connectivity index (χ2v) is 6.83. The number of aliphatic hydroxyl groups is 1. The summed E-state index contributed by atoms with van der Waals surface area (Å²) < 4.78 is 0. The highest BCUT2D eigenvalue weighted by atomic mass is 16.3. The van der Waals surface area contributed by atoms with Gasteiger partial charge in [-0.05, 0) is 51.2 Å². The molecule has 1 atom stereocenters. The first-order chi connectivity index (χ1) is 10.00. The Kier molecular flexibility index (Phi) is 3.56. The normalized spacial score (nSPS) is 27.5. The third kappa shape index (κ3) is 2.28. The quantitative estimate of drug-likeness (QED) is 0.907. The predicted octanol–water partition coefficient (Wildman–Crippen LogP) is 3.15. The van der Waals surface area contributed by atoms with E-state index in [1.807, 2.05) is 36.1 Å². The minimum atomic E-state index is -0.481. The van der Waals surface area contributed by atoms with E-state index in [9.17, 15) is 9.90 Å². The molecule has 2 fully saturated rings. The van der Waals surface area contributed by atoms with Crippen LogP contribution in [-0.2, 0) is 0 Å². The van der Waals surface area contributed by atoms with E-state index in [-0.39, 0.29) is 11.3 Å². The number of rotatable bonds is 2. The summed E-state index contributed by atoms with van der Waals surface area (Å²) in [5, 5.41) is 10.7. The maximum absolute atomic E-state index is 12.6. The molecule has 0 bridgehead atoms. The Labute approximate surface area is 127 Å². The van der Waals surface area contributed by atoms with E-state index >= 15 is 0 Å². The van der Waals surface area contributed by atoms with Crippen molar-refractivity contribution in [1.29, 1.82) is 0 Å². The number of aryl methyl sites for hydroxylation is 1. The molecule has 1 aromatic carbocycles. The van der Waals surface area contributed by atoms with Crippen molar-refractivity contribution in [3.05, 3.63) is 35.4 Å². The number of carbonyl (C=O) groups is 1. The minimum Gasteiger partial charge on any atom is -0.389 e. The molecular formula is C18H25NO2. The first-order valence-corrected chi connectivity index (χ1v) is 8.08. The third-order valence-electron chi connectivity index (χ3n) is 5.86. The van der Waals surface area contributed by atoms with Crippen molar-refractivity contribution < 1.29 is 9.90 Å².